The molecule has 2 atom stereocenters. The normalized spacial score (nSPS) is 21.7. The molecule has 6 N–H and O–H groups in total. The molecular formula is C24H26F2N6O2S. The predicted octanol–water partition coefficient (Wildman–Crippen LogP) is 3.40. The van der Waals surface area contributed by atoms with Gasteiger partial charge >= 0.3 is 0 Å². The van der Waals surface area contributed by atoms with E-state index >= 15 is 0 Å². The molecule has 3 aromatic rings. The van der Waals surface area contributed by atoms with Gasteiger partial charge in [-0.2, -0.15) is 0 Å². The lowest BCUT2D eigenvalue weighted by Gasteiger charge is -2.35. The Kier molecular flexibility index (Phi) is 5.94. The number of amides is 1. The number of rotatable bonds is 4. The summed E-state index contributed by atoms with van der Waals surface area (Å²) in [7, 11) is 0. The largest absolute Gasteiger partial charge is 0.389 e. The number of anilines is 3. The topological polar surface area (TPSA) is 130 Å². The molecule has 0 saturated carbocycles. The Bertz CT molecular complexity index is 1290. The summed E-state index contributed by atoms with van der Waals surface area (Å²) < 4.78 is 28.5. The number of fused-ring (bicyclic) bond motifs is 1. The van der Waals surface area contributed by atoms with Crippen molar-refractivity contribution in [1.82, 2.24) is 9.97 Å². The fourth-order valence-electron chi connectivity index (χ4n) is 4.88. The van der Waals surface area contributed by atoms with Crippen LogP contribution in [0, 0.1) is 11.6 Å². The Morgan fingerprint density at radius 1 is 1.34 bits per heavy atom. The molecule has 1 aliphatic carbocycles. The first-order valence-electron chi connectivity index (χ1n) is 11.4. The first kappa shape index (κ1) is 23.6. The van der Waals surface area contributed by atoms with Crippen molar-refractivity contribution in [1.29, 1.82) is 0 Å². The lowest BCUT2D eigenvalue weighted by atomic mass is 10.0. The Labute approximate surface area is 205 Å². The molecule has 0 radical (unpaired) electrons. The molecule has 184 valence electrons. The first-order valence-corrected chi connectivity index (χ1v) is 12.2. The Hall–Kier alpha value is -3.15. The van der Waals surface area contributed by atoms with Crippen LogP contribution in [0.1, 0.15) is 47.9 Å². The highest BCUT2D eigenvalue weighted by molar-refractivity contribution is 7.19. The molecule has 2 unspecified atom stereocenters. The highest BCUT2D eigenvalue weighted by atomic mass is 32.1. The number of nitrogens with one attached hydrogen (secondary N) is 1. The molecule has 1 fully saturated rings. The van der Waals surface area contributed by atoms with Gasteiger partial charge in [0.25, 0.3) is 5.91 Å². The van der Waals surface area contributed by atoms with Gasteiger partial charge in [-0.05, 0) is 44.7 Å². The Morgan fingerprint density at radius 3 is 2.80 bits per heavy atom. The van der Waals surface area contributed by atoms with Crippen molar-refractivity contribution in [2.75, 3.05) is 29.0 Å². The molecular weight excluding hydrogens is 474 g/mol. The van der Waals surface area contributed by atoms with Crippen molar-refractivity contribution in [2.24, 2.45) is 5.73 Å². The minimum atomic E-state index is -1.05. The molecule has 0 spiro atoms. The van der Waals surface area contributed by atoms with Gasteiger partial charge in [0.05, 0.1) is 28.8 Å². The number of hydrogen-bond donors (Lipinski definition) is 4. The van der Waals surface area contributed by atoms with E-state index in [2.05, 4.69) is 20.2 Å². The van der Waals surface area contributed by atoms with Gasteiger partial charge < -0.3 is 26.8 Å². The maximum atomic E-state index is 14.2. The van der Waals surface area contributed by atoms with E-state index in [9.17, 15) is 18.7 Å². The smallest absolute Gasteiger partial charge is 0.277 e. The van der Waals surface area contributed by atoms with Crippen LogP contribution in [0.15, 0.2) is 24.4 Å². The second kappa shape index (κ2) is 8.81. The lowest BCUT2D eigenvalue weighted by Crippen LogP contribution is -2.43. The van der Waals surface area contributed by atoms with Crippen LogP contribution in [0.2, 0.25) is 0 Å². The Balaban J connectivity index is 1.51. The number of aliphatic hydroxyl groups is 1. The number of benzene rings is 1. The SMILES string of the molecule is CC1(O)CCc2c1ncc(NC(=O)c1nc(-c3c(F)cccc3F)sc1N)c2N1CCCC(N)C1. The minimum Gasteiger partial charge on any atom is -0.389 e. The summed E-state index contributed by atoms with van der Waals surface area (Å²) in [4.78, 5) is 24.0. The number of nitrogen functional groups attached to an aromatic ring is 1. The van der Waals surface area contributed by atoms with Crippen molar-refractivity contribution in [3.63, 3.8) is 0 Å². The number of thiazole rings is 1. The molecule has 1 aromatic carbocycles. The number of nitrogens with two attached hydrogens (primary N) is 2. The summed E-state index contributed by atoms with van der Waals surface area (Å²) in [6, 6.07) is 3.49. The van der Waals surface area contributed by atoms with E-state index in [1.54, 1.807) is 6.92 Å². The number of carbonyl (C=O) groups excluding carboxylic acids is 1. The van der Waals surface area contributed by atoms with Crippen molar-refractivity contribution in [3.05, 3.63) is 53.0 Å². The van der Waals surface area contributed by atoms with Crippen LogP contribution < -0.4 is 21.7 Å². The van der Waals surface area contributed by atoms with Crippen molar-refractivity contribution in [3.8, 4) is 10.6 Å². The zero-order valence-corrected chi connectivity index (χ0v) is 20.0. The van der Waals surface area contributed by atoms with Crippen LogP contribution in [-0.4, -0.2) is 40.1 Å². The number of carbonyl (C=O) groups is 1. The number of hydrogen-bond acceptors (Lipinski definition) is 8. The number of piperidine rings is 1. The zero-order chi connectivity index (χ0) is 24.9. The van der Waals surface area contributed by atoms with E-state index in [-0.39, 0.29) is 27.3 Å². The number of aromatic nitrogens is 2. The molecule has 1 amide bonds. The van der Waals surface area contributed by atoms with Gasteiger partial charge in [0, 0.05) is 24.7 Å². The van der Waals surface area contributed by atoms with Crippen molar-refractivity contribution in [2.45, 2.75) is 44.2 Å². The highest BCUT2D eigenvalue weighted by Gasteiger charge is 2.38. The van der Waals surface area contributed by atoms with Crippen LogP contribution in [0.4, 0.5) is 25.2 Å². The van der Waals surface area contributed by atoms with E-state index in [4.69, 9.17) is 11.5 Å². The van der Waals surface area contributed by atoms with E-state index in [1.807, 2.05) is 0 Å². The summed E-state index contributed by atoms with van der Waals surface area (Å²) in [5, 5.41) is 13.6. The second-order valence-corrected chi connectivity index (χ2v) is 10.3. The summed E-state index contributed by atoms with van der Waals surface area (Å²) in [6.45, 7) is 3.09. The molecule has 0 bridgehead atoms. The maximum absolute atomic E-state index is 14.2. The van der Waals surface area contributed by atoms with E-state index in [1.165, 1.54) is 12.3 Å². The average molecular weight is 501 g/mol. The van der Waals surface area contributed by atoms with Crippen LogP contribution in [0.25, 0.3) is 10.6 Å². The summed E-state index contributed by atoms with van der Waals surface area (Å²) in [5.41, 5.74) is 13.5. The number of halogens is 2. The summed E-state index contributed by atoms with van der Waals surface area (Å²) in [5.74, 6) is -2.19. The average Bonchev–Trinajstić information content (AvgIpc) is 3.32. The fraction of sp³-hybridized carbons (Fsp3) is 0.375. The van der Waals surface area contributed by atoms with E-state index in [0.29, 0.717) is 30.8 Å². The molecule has 8 nitrogen and oxygen atoms in total. The number of pyridine rings is 1. The van der Waals surface area contributed by atoms with Crippen LogP contribution >= 0.6 is 11.3 Å². The van der Waals surface area contributed by atoms with E-state index in [0.717, 1.165) is 54.1 Å². The lowest BCUT2D eigenvalue weighted by molar-refractivity contribution is 0.0554. The standard InChI is InChI=1S/C24H26F2N6O2S/c1-24(34)8-7-13-19(32-9-3-4-12(27)11-32)16(10-29-20(13)24)30-22(33)18-21(28)35-23(31-18)17-14(25)5-2-6-15(17)26/h2,5-6,10,12,34H,3-4,7-9,11,27-28H2,1H3,(H,30,33). The number of nitrogens with zero attached hydrogens (tertiary/aromatic N) is 3. The zero-order valence-electron chi connectivity index (χ0n) is 19.1. The maximum Gasteiger partial charge on any atom is 0.277 e. The monoisotopic (exact) mass is 500 g/mol. The van der Waals surface area contributed by atoms with Gasteiger partial charge in [-0.15, -0.1) is 0 Å². The van der Waals surface area contributed by atoms with Gasteiger partial charge in [-0.1, -0.05) is 17.4 Å². The van der Waals surface area contributed by atoms with Crippen LogP contribution in [0.5, 0.6) is 0 Å². The molecule has 2 aliphatic rings. The first-order chi connectivity index (χ1) is 16.7. The third-order valence-corrected chi connectivity index (χ3v) is 7.49. The molecule has 1 aliphatic heterocycles. The van der Waals surface area contributed by atoms with Crippen molar-refractivity contribution < 1.29 is 18.7 Å². The van der Waals surface area contributed by atoms with Crippen LogP contribution in [0.3, 0.4) is 0 Å². The van der Waals surface area contributed by atoms with Gasteiger partial charge in [-0.3, -0.25) is 9.78 Å². The van der Waals surface area contributed by atoms with Gasteiger partial charge in [0.15, 0.2) is 5.69 Å². The Morgan fingerprint density at radius 2 is 2.09 bits per heavy atom. The molecule has 11 heteroatoms. The van der Waals surface area contributed by atoms with Crippen molar-refractivity contribution >= 4 is 33.6 Å². The third kappa shape index (κ3) is 4.24. The third-order valence-electron chi connectivity index (χ3n) is 6.59. The highest BCUT2D eigenvalue weighted by Crippen LogP contribution is 2.44. The van der Waals surface area contributed by atoms with Gasteiger partial charge in [0.2, 0.25) is 0 Å². The molecule has 1 saturated heterocycles. The minimum absolute atomic E-state index is 0.00885. The van der Waals surface area contributed by atoms with Gasteiger partial charge in [-0.25, -0.2) is 13.8 Å². The fourth-order valence-corrected chi connectivity index (χ4v) is 5.76. The molecule has 3 heterocycles. The predicted molar refractivity (Wildman–Crippen MR) is 131 cm³/mol. The van der Waals surface area contributed by atoms with Crippen LogP contribution in [-0.2, 0) is 12.0 Å². The van der Waals surface area contributed by atoms with E-state index < -0.39 is 23.1 Å². The molecule has 35 heavy (non-hydrogen) atoms. The summed E-state index contributed by atoms with van der Waals surface area (Å²) in [6.07, 6.45) is 4.46. The molecule has 5 rings (SSSR count). The van der Waals surface area contributed by atoms with Gasteiger partial charge in [0.1, 0.15) is 27.2 Å². The summed E-state index contributed by atoms with van der Waals surface area (Å²) >= 11 is 0.837. The second-order valence-electron chi connectivity index (χ2n) is 9.25. The quantitative estimate of drug-likeness (QED) is 0.432. The molecule has 2 aromatic heterocycles.